The molecule has 1 heterocycles. The molecule has 1 atom stereocenters. The van der Waals surface area contributed by atoms with Crippen LogP contribution in [0.3, 0.4) is 0 Å². The van der Waals surface area contributed by atoms with Crippen LogP contribution in [0.25, 0.3) is 0 Å². The average molecular weight is 199 g/mol. The Balaban J connectivity index is 2.79. The minimum absolute atomic E-state index is 0.0601. The van der Waals surface area contributed by atoms with Crippen LogP contribution in [0.15, 0.2) is 5.38 Å². The van der Waals surface area contributed by atoms with Gasteiger partial charge in [0.05, 0.1) is 11.7 Å². The molecule has 1 aromatic rings. The first-order valence-electron chi connectivity index (χ1n) is 4.40. The minimum atomic E-state index is 0.0601. The van der Waals surface area contributed by atoms with Crippen LogP contribution >= 0.6 is 11.3 Å². The third-order valence-electron chi connectivity index (χ3n) is 1.95. The van der Waals surface area contributed by atoms with Crippen LogP contribution in [0.4, 0.5) is 5.13 Å². The van der Waals surface area contributed by atoms with Crippen LogP contribution in [0.5, 0.6) is 0 Å². The van der Waals surface area contributed by atoms with E-state index in [9.17, 15) is 0 Å². The van der Waals surface area contributed by atoms with Crippen molar-refractivity contribution in [2.24, 2.45) is 11.7 Å². The first-order valence-corrected chi connectivity index (χ1v) is 5.28. The van der Waals surface area contributed by atoms with Gasteiger partial charge in [-0.3, -0.25) is 0 Å². The highest BCUT2D eigenvalue weighted by molar-refractivity contribution is 7.13. The maximum atomic E-state index is 5.98. The summed E-state index contributed by atoms with van der Waals surface area (Å²) in [5.41, 5.74) is 6.98. The summed E-state index contributed by atoms with van der Waals surface area (Å²) >= 11 is 1.64. The van der Waals surface area contributed by atoms with Gasteiger partial charge in [-0.25, -0.2) is 4.98 Å². The van der Waals surface area contributed by atoms with Crippen molar-refractivity contribution >= 4 is 16.5 Å². The Labute approximate surface area is 83.6 Å². The summed E-state index contributed by atoms with van der Waals surface area (Å²) in [6.07, 6.45) is 0. The number of nitrogens with zero attached hydrogens (tertiary/aromatic N) is 2. The van der Waals surface area contributed by atoms with Gasteiger partial charge >= 0.3 is 0 Å². The lowest BCUT2D eigenvalue weighted by Gasteiger charge is -2.12. The molecular weight excluding hydrogens is 182 g/mol. The Bertz CT molecular complexity index is 268. The highest BCUT2D eigenvalue weighted by atomic mass is 32.1. The molecule has 3 nitrogen and oxygen atoms in total. The molecule has 0 spiro atoms. The number of hydrogen-bond acceptors (Lipinski definition) is 4. The standard InChI is InChI=1S/C9H17N3S/c1-6(2)8(10)7-5-13-9(11-7)12(3)4/h5-6,8H,10H2,1-4H3. The number of rotatable bonds is 3. The molecule has 0 aliphatic carbocycles. The number of aromatic nitrogens is 1. The van der Waals surface area contributed by atoms with E-state index in [0.717, 1.165) is 10.8 Å². The lowest BCUT2D eigenvalue weighted by Crippen LogP contribution is -2.17. The highest BCUT2D eigenvalue weighted by Crippen LogP contribution is 2.24. The summed E-state index contributed by atoms with van der Waals surface area (Å²) in [5, 5.41) is 3.06. The van der Waals surface area contributed by atoms with Crippen molar-refractivity contribution < 1.29 is 0 Å². The molecule has 0 fully saturated rings. The first kappa shape index (κ1) is 10.5. The smallest absolute Gasteiger partial charge is 0.185 e. The van der Waals surface area contributed by atoms with Gasteiger partial charge in [-0.1, -0.05) is 13.8 Å². The summed E-state index contributed by atoms with van der Waals surface area (Å²) in [4.78, 5) is 6.45. The molecule has 0 aromatic carbocycles. The molecule has 4 heteroatoms. The van der Waals surface area contributed by atoms with E-state index < -0.39 is 0 Å². The van der Waals surface area contributed by atoms with Crippen molar-refractivity contribution in [3.05, 3.63) is 11.1 Å². The maximum Gasteiger partial charge on any atom is 0.185 e. The van der Waals surface area contributed by atoms with E-state index in [-0.39, 0.29) is 6.04 Å². The topological polar surface area (TPSA) is 42.1 Å². The van der Waals surface area contributed by atoms with Gasteiger partial charge < -0.3 is 10.6 Å². The Morgan fingerprint density at radius 2 is 2.08 bits per heavy atom. The van der Waals surface area contributed by atoms with Crippen LogP contribution in [0.2, 0.25) is 0 Å². The third kappa shape index (κ3) is 2.42. The number of thiazole rings is 1. The molecule has 0 bridgehead atoms. The van der Waals surface area contributed by atoms with E-state index in [2.05, 4.69) is 18.8 Å². The van der Waals surface area contributed by atoms with Gasteiger partial charge in [-0.15, -0.1) is 11.3 Å². The van der Waals surface area contributed by atoms with Gasteiger partial charge in [0.25, 0.3) is 0 Å². The van der Waals surface area contributed by atoms with Crippen LogP contribution < -0.4 is 10.6 Å². The predicted octanol–water partition coefficient (Wildman–Crippen LogP) is 1.86. The number of nitrogens with two attached hydrogens (primary N) is 1. The molecule has 13 heavy (non-hydrogen) atoms. The summed E-state index contributed by atoms with van der Waals surface area (Å²) in [6.45, 7) is 4.22. The molecule has 1 rings (SSSR count). The number of anilines is 1. The van der Waals surface area contributed by atoms with E-state index in [1.54, 1.807) is 11.3 Å². The van der Waals surface area contributed by atoms with Gasteiger partial charge in [0.1, 0.15) is 0 Å². The molecule has 0 aliphatic heterocycles. The Kier molecular flexibility index (Phi) is 3.27. The van der Waals surface area contributed by atoms with Crippen LogP contribution in [-0.4, -0.2) is 19.1 Å². The molecule has 1 aromatic heterocycles. The summed E-state index contributed by atoms with van der Waals surface area (Å²) < 4.78 is 0. The summed E-state index contributed by atoms with van der Waals surface area (Å²) in [7, 11) is 3.98. The zero-order valence-corrected chi connectivity index (χ0v) is 9.43. The van der Waals surface area contributed by atoms with Crippen molar-refractivity contribution in [2.75, 3.05) is 19.0 Å². The van der Waals surface area contributed by atoms with E-state index in [0.29, 0.717) is 5.92 Å². The van der Waals surface area contributed by atoms with Crippen molar-refractivity contribution in [1.82, 2.24) is 4.98 Å². The highest BCUT2D eigenvalue weighted by Gasteiger charge is 2.14. The number of hydrogen-bond donors (Lipinski definition) is 1. The Hall–Kier alpha value is -0.610. The molecular formula is C9H17N3S. The average Bonchev–Trinajstić information content (AvgIpc) is 2.50. The van der Waals surface area contributed by atoms with Crippen molar-refractivity contribution in [3.8, 4) is 0 Å². The van der Waals surface area contributed by atoms with Crippen molar-refractivity contribution in [2.45, 2.75) is 19.9 Å². The van der Waals surface area contributed by atoms with Crippen molar-refractivity contribution in [1.29, 1.82) is 0 Å². The van der Waals surface area contributed by atoms with E-state index in [1.165, 1.54) is 0 Å². The van der Waals surface area contributed by atoms with E-state index in [4.69, 9.17) is 5.73 Å². The second kappa shape index (κ2) is 4.07. The second-order valence-corrected chi connectivity index (χ2v) is 4.56. The Morgan fingerprint density at radius 1 is 1.46 bits per heavy atom. The minimum Gasteiger partial charge on any atom is -0.354 e. The maximum absolute atomic E-state index is 5.98. The fourth-order valence-electron chi connectivity index (χ4n) is 0.976. The van der Waals surface area contributed by atoms with E-state index >= 15 is 0 Å². The molecule has 0 saturated heterocycles. The zero-order chi connectivity index (χ0) is 10.0. The molecule has 0 radical (unpaired) electrons. The second-order valence-electron chi connectivity index (χ2n) is 3.72. The lowest BCUT2D eigenvalue weighted by atomic mass is 10.0. The van der Waals surface area contributed by atoms with Gasteiger partial charge in [0, 0.05) is 19.5 Å². The van der Waals surface area contributed by atoms with Crippen molar-refractivity contribution in [3.63, 3.8) is 0 Å². The van der Waals surface area contributed by atoms with E-state index in [1.807, 2.05) is 24.4 Å². The quantitative estimate of drug-likeness (QED) is 0.808. The normalized spacial score (nSPS) is 13.4. The SMILES string of the molecule is CC(C)C(N)c1csc(N(C)C)n1. The van der Waals surface area contributed by atoms with Gasteiger partial charge in [-0.05, 0) is 5.92 Å². The molecule has 0 saturated carbocycles. The zero-order valence-electron chi connectivity index (χ0n) is 8.61. The largest absolute Gasteiger partial charge is 0.354 e. The third-order valence-corrected chi connectivity index (χ3v) is 2.98. The molecule has 0 amide bonds. The van der Waals surface area contributed by atoms with Gasteiger partial charge in [0.15, 0.2) is 5.13 Å². The first-order chi connectivity index (χ1) is 6.02. The predicted molar refractivity (Wildman–Crippen MR) is 58.2 cm³/mol. The van der Waals surface area contributed by atoms with Gasteiger partial charge in [0.2, 0.25) is 0 Å². The summed E-state index contributed by atoms with van der Waals surface area (Å²) in [5.74, 6) is 0.442. The molecule has 74 valence electrons. The molecule has 0 aliphatic rings. The lowest BCUT2D eigenvalue weighted by molar-refractivity contribution is 0.505. The fourth-order valence-corrected chi connectivity index (χ4v) is 1.78. The Morgan fingerprint density at radius 3 is 2.46 bits per heavy atom. The van der Waals surface area contributed by atoms with Gasteiger partial charge in [-0.2, -0.15) is 0 Å². The van der Waals surface area contributed by atoms with Crippen LogP contribution in [0.1, 0.15) is 25.6 Å². The monoisotopic (exact) mass is 199 g/mol. The molecule has 1 unspecified atom stereocenters. The fraction of sp³-hybridized carbons (Fsp3) is 0.667. The summed E-state index contributed by atoms with van der Waals surface area (Å²) in [6, 6.07) is 0.0601. The molecule has 2 N–H and O–H groups in total. The van der Waals surface area contributed by atoms with Crippen LogP contribution in [0, 0.1) is 5.92 Å². The van der Waals surface area contributed by atoms with Crippen LogP contribution in [-0.2, 0) is 0 Å².